The normalized spacial score (nSPS) is 19.2. The quantitative estimate of drug-likeness (QED) is 0.786. The molecule has 142 valence electrons. The number of amides is 4. The number of urea groups is 1. The Balaban J connectivity index is 1.76. The largest absolute Gasteiger partial charge is 0.495 e. The first-order valence-corrected chi connectivity index (χ1v) is 8.40. The highest BCUT2D eigenvalue weighted by Gasteiger charge is 2.51. The van der Waals surface area contributed by atoms with Crippen LogP contribution in [0, 0.1) is 13.8 Å². The van der Waals surface area contributed by atoms with Crippen molar-refractivity contribution in [3.05, 3.63) is 47.4 Å². The zero-order valence-electron chi connectivity index (χ0n) is 15.6. The van der Waals surface area contributed by atoms with Crippen LogP contribution in [0.4, 0.5) is 10.5 Å². The Morgan fingerprint density at radius 2 is 2.00 bits per heavy atom. The Morgan fingerprint density at radius 1 is 1.26 bits per heavy atom. The van der Waals surface area contributed by atoms with E-state index in [2.05, 4.69) is 10.6 Å². The highest BCUT2D eigenvalue weighted by atomic mass is 16.5. The van der Waals surface area contributed by atoms with Crippen molar-refractivity contribution in [1.82, 2.24) is 10.2 Å². The molecular weight excluding hydrogens is 350 g/mol. The number of rotatable bonds is 5. The van der Waals surface area contributed by atoms with Crippen LogP contribution < -0.4 is 15.4 Å². The molecule has 1 aromatic carbocycles. The average molecular weight is 371 g/mol. The van der Waals surface area contributed by atoms with Gasteiger partial charge in [-0.1, -0.05) is 6.07 Å². The van der Waals surface area contributed by atoms with Crippen LogP contribution in [0.2, 0.25) is 0 Å². The number of ether oxygens (including phenoxy) is 1. The molecule has 2 heterocycles. The van der Waals surface area contributed by atoms with Crippen LogP contribution in [0.1, 0.15) is 24.0 Å². The lowest BCUT2D eigenvalue weighted by Gasteiger charge is -2.19. The van der Waals surface area contributed by atoms with Crippen LogP contribution in [0.25, 0.3) is 0 Å². The first kappa shape index (κ1) is 18.5. The number of imide groups is 1. The summed E-state index contributed by atoms with van der Waals surface area (Å²) in [6, 6.07) is 8.02. The predicted molar refractivity (Wildman–Crippen MR) is 97.4 cm³/mol. The van der Waals surface area contributed by atoms with Gasteiger partial charge in [-0.15, -0.1) is 0 Å². The molecule has 8 nitrogen and oxygen atoms in total. The van der Waals surface area contributed by atoms with Crippen molar-refractivity contribution in [2.75, 3.05) is 19.0 Å². The minimum absolute atomic E-state index is 0.321. The Morgan fingerprint density at radius 3 is 2.63 bits per heavy atom. The fourth-order valence-electron chi connectivity index (χ4n) is 2.96. The lowest BCUT2D eigenvalue weighted by atomic mass is 9.99. The molecular formula is C19H21N3O5. The number of methoxy groups -OCH3 is 1. The van der Waals surface area contributed by atoms with Crippen LogP contribution in [0.15, 0.2) is 34.7 Å². The zero-order valence-corrected chi connectivity index (χ0v) is 15.6. The van der Waals surface area contributed by atoms with E-state index in [1.54, 1.807) is 38.1 Å². The van der Waals surface area contributed by atoms with E-state index in [0.717, 1.165) is 10.5 Å². The van der Waals surface area contributed by atoms with Crippen molar-refractivity contribution in [2.24, 2.45) is 0 Å². The summed E-state index contributed by atoms with van der Waals surface area (Å²) in [5.41, 5.74) is 0.0629. The molecule has 1 unspecified atom stereocenters. The molecule has 2 N–H and O–H groups in total. The summed E-state index contributed by atoms with van der Waals surface area (Å²) in [6.45, 7) is 4.75. The lowest BCUT2D eigenvalue weighted by molar-refractivity contribution is -0.134. The second-order valence-corrected chi connectivity index (χ2v) is 6.61. The van der Waals surface area contributed by atoms with Gasteiger partial charge in [0.2, 0.25) is 5.91 Å². The topological polar surface area (TPSA) is 101 Å². The number of hydrogen-bond acceptors (Lipinski definition) is 5. The average Bonchev–Trinajstić information content (AvgIpc) is 3.13. The summed E-state index contributed by atoms with van der Waals surface area (Å²) >= 11 is 0. The van der Waals surface area contributed by atoms with Gasteiger partial charge < -0.3 is 19.8 Å². The van der Waals surface area contributed by atoms with Crippen LogP contribution in [-0.2, 0) is 15.1 Å². The van der Waals surface area contributed by atoms with E-state index in [9.17, 15) is 14.4 Å². The van der Waals surface area contributed by atoms with Crippen LogP contribution >= 0.6 is 0 Å². The fraction of sp³-hybridized carbons (Fsp3) is 0.316. The van der Waals surface area contributed by atoms with Gasteiger partial charge in [0.05, 0.1) is 12.8 Å². The van der Waals surface area contributed by atoms with Crippen molar-refractivity contribution >= 4 is 23.5 Å². The Bertz CT molecular complexity index is 920. The third-order valence-electron chi connectivity index (χ3n) is 4.44. The molecule has 0 spiro atoms. The van der Waals surface area contributed by atoms with Crippen LogP contribution in [-0.4, -0.2) is 36.4 Å². The molecule has 1 aliphatic heterocycles. The number of carbonyl (C=O) groups excluding carboxylic acids is 3. The monoisotopic (exact) mass is 371 g/mol. The van der Waals surface area contributed by atoms with Crippen LogP contribution in [0.5, 0.6) is 5.75 Å². The number of hydrogen-bond donors (Lipinski definition) is 2. The third kappa shape index (κ3) is 3.38. The summed E-state index contributed by atoms with van der Waals surface area (Å²) in [5.74, 6) is 0.371. The Hall–Kier alpha value is -3.29. The van der Waals surface area contributed by atoms with Gasteiger partial charge in [0, 0.05) is 0 Å². The van der Waals surface area contributed by atoms with Gasteiger partial charge in [-0.05, 0) is 50.6 Å². The van der Waals surface area contributed by atoms with E-state index in [0.29, 0.717) is 23.0 Å². The second-order valence-electron chi connectivity index (χ2n) is 6.61. The Labute approximate surface area is 156 Å². The summed E-state index contributed by atoms with van der Waals surface area (Å²) < 4.78 is 10.7. The minimum Gasteiger partial charge on any atom is -0.495 e. The lowest BCUT2D eigenvalue weighted by Crippen LogP contribution is -2.41. The Kier molecular flexibility index (Phi) is 4.65. The molecule has 1 aromatic heterocycles. The van der Waals surface area contributed by atoms with Crippen molar-refractivity contribution in [2.45, 2.75) is 26.3 Å². The third-order valence-corrected chi connectivity index (χ3v) is 4.44. The standard InChI is InChI=1S/C19H21N3O5/c1-11-5-7-14(26-4)13(9-11)20-16(23)10-22-17(24)19(3,21-18(22)25)15-8-6-12(2)27-15/h5-9H,10H2,1-4H3,(H,20,23)(H,21,25). The van der Waals surface area contributed by atoms with E-state index in [1.165, 1.54) is 7.11 Å². The van der Waals surface area contributed by atoms with Gasteiger partial charge >= 0.3 is 6.03 Å². The first-order valence-electron chi connectivity index (χ1n) is 8.40. The molecule has 0 bridgehead atoms. The van der Waals surface area contributed by atoms with E-state index in [4.69, 9.17) is 9.15 Å². The molecule has 4 amide bonds. The van der Waals surface area contributed by atoms with Gasteiger partial charge in [0.25, 0.3) is 5.91 Å². The number of nitrogens with zero attached hydrogens (tertiary/aromatic N) is 1. The molecule has 1 aliphatic rings. The summed E-state index contributed by atoms with van der Waals surface area (Å²) in [7, 11) is 1.49. The summed E-state index contributed by atoms with van der Waals surface area (Å²) in [5, 5.41) is 5.28. The number of nitrogens with one attached hydrogen (secondary N) is 2. The number of anilines is 1. The molecule has 1 fully saturated rings. The molecule has 0 aliphatic carbocycles. The maximum absolute atomic E-state index is 12.8. The van der Waals surface area contributed by atoms with Crippen molar-refractivity contribution in [3.63, 3.8) is 0 Å². The highest BCUT2D eigenvalue weighted by Crippen LogP contribution is 2.30. The molecule has 0 saturated carbocycles. The zero-order chi connectivity index (χ0) is 19.8. The molecule has 3 rings (SSSR count). The van der Waals surface area contributed by atoms with E-state index < -0.39 is 29.9 Å². The van der Waals surface area contributed by atoms with Gasteiger partial charge in [0.15, 0.2) is 5.54 Å². The minimum atomic E-state index is -1.34. The van der Waals surface area contributed by atoms with E-state index in [-0.39, 0.29) is 0 Å². The molecule has 2 aromatic rings. The van der Waals surface area contributed by atoms with Gasteiger partial charge in [-0.25, -0.2) is 4.79 Å². The van der Waals surface area contributed by atoms with Crippen molar-refractivity contribution in [1.29, 1.82) is 0 Å². The molecule has 0 radical (unpaired) electrons. The van der Waals surface area contributed by atoms with Crippen molar-refractivity contribution < 1.29 is 23.5 Å². The molecule has 8 heteroatoms. The van der Waals surface area contributed by atoms with Crippen LogP contribution in [0.3, 0.4) is 0 Å². The van der Waals surface area contributed by atoms with Gasteiger partial charge in [-0.3, -0.25) is 14.5 Å². The molecule has 1 saturated heterocycles. The van der Waals surface area contributed by atoms with E-state index >= 15 is 0 Å². The summed E-state index contributed by atoms with van der Waals surface area (Å²) in [4.78, 5) is 38.4. The maximum Gasteiger partial charge on any atom is 0.325 e. The molecule has 1 atom stereocenters. The number of benzene rings is 1. The smallest absolute Gasteiger partial charge is 0.325 e. The number of furan rings is 1. The fourth-order valence-corrected chi connectivity index (χ4v) is 2.96. The predicted octanol–water partition coefficient (Wildman–Crippen LogP) is 2.31. The number of carbonyl (C=O) groups is 3. The maximum atomic E-state index is 12.8. The number of aryl methyl sites for hydroxylation is 2. The summed E-state index contributed by atoms with van der Waals surface area (Å²) in [6.07, 6.45) is 0. The van der Waals surface area contributed by atoms with Gasteiger partial charge in [-0.2, -0.15) is 0 Å². The van der Waals surface area contributed by atoms with Gasteiger partial charge in [0.1, 0.15) is 23.8 Å². The first-order chi connectivity index (χ1) is 12.7. The highest BCUT2D eigenvalue weighted by molar-refractivity contribution is 6.10. The van der Waals surface area contributed by atoms with E-state index in [1.807, 2.05) is 13.0 Å². The molecule has 27 heavy (non-hydrogen) atoms. The second kappa shape index (κ2) is 6.79. The SMILES string of the molecule is COc1ccc(C)cc1NC(=O)CN1C(=O)NC(C)(c2ccc(C)o2)C1=O. The van der Waals surface area contributed by atoms with Crippen molar-refractivity contribution in [3.8, 4) is 5.75 Å².